The smallest absolute Gasteiger partial charge is 0.226 e. The number of aromatic nitrogens is 1. The van der Waals surface area contributed by atoms with Crippen LogP contribution in [0.3, 0.4) is 0 Å². The first-order valence-electron chi connectivity index (χ1n) is 10.6. The summed E-state index contributed by atoms with van der Waals surface area (Å²) in [5, 5.41) is 0. The van der Waals surface area contributed by atoms with E-state index in [0.717, 1.165) is 18.9 Å². The fraction of sp³-hybridized carbons (Fsp3) is 0.583. The molecule has 1 aromatic heterocycles. The zero-order valence-electron chi connectivity index (χ0n) is 16.5. The molecule has 3 nitrogen and oxygen atoms in total. The van der Waals surface area contributed by atoms with Crippen molar-refractivity contribution in [3.05, 3.63) is 48.3 Å². The molecule has 1 amide bonds. The number of fused-ring (bicyclic) bond motifs is 5. The zero-order valence-corrected chi connectivity index (χ0v) is 16.5. The lowest BCUT2D eigenvalue weighted by atomic mass is 9.52. The lowest BCUT2D eigenvalue weighted by Crippen LogP contribution is -2.62. The Bertz CT molecular complexity index is 813. The number of rotatable bonds is 1. The molecule has 1 saturated carbocycles. The van der Waals surface area contributed by atoms with E-state index in [1.807, 2.05) is 12.4 Å². The van der Waals surface area contributed by atoms with Gasteiger partial charge in [-0.15, -0.1) is 0 Å². The molecule has 2 fully saturated rings. The van der Waals surface area contributed by atoms with E-state index in [9.17, 15) is 4.79 Å². The van der Waals surface area contributed by atoms with Gasteiger partial charge in [0.2, 0.25) is 5.91 Å². The summed E-state index contributed by atoms with van der Waals surface area (Å²) in [5.41, 5.74) is 3.08. The van der Waals surface area contributed by atoms with Gasteiger partial charge in [-0.05, 0) is 79.4 Å². The van der Waals surface area contributed by atoms with E-state index < -0.39 is 0 Å². The summed E-state index contributed by atoms with van der Waals surface area (Å²) in [7, 11) is 0. The Balaban J connectivity index is 1.48. The molecule has 0 spiro atoms. The van der Waals surface area contributed by atoms with Crippen molar-refractivity contribution in [1.29, 1.82) is 0 Å². The number of allylic oxidation sites excluding steroid dienone is 2. The minimum absolute atomic E-state index is 0.00534. The molecule has 142 valence electrons. The van der Waals surface area contributed by atoms with Gasteiger partial charge in [0, 0.05) is 30.9 Å². The van der Waals surface area contributed by atoms with Gasteiger partial charge in [-0.2, -0.15) is 0 Å². The fourth-order valence-corrected chi connectivity index (χ4v) is 7.02. The van der Waals surface area contributed by atoms with Gasteiger partial charge in [0.25, 0.3) is 0 Å². The lowest BCUT2D eigenvalue weighted by Gasteiger charge is -2.59. The predicted octanol–water partition coefficient (Wildman–Crippen LogP) is 4.86. The molecule has 4 aliphatic rings. The Kier molecular flexibility index (Phi) is 3.86. The largest absolute Gasteiger partial charge is 0.336 e. The number of hydrogen-bond acceptors (Lipinski definition) is 2. The van der Waals surface area contributed by atoms with Crippen molar-refractivity contribution < 1.29 is 4.79 Å². The van der Waals surface area contributed by atoms with Gasteiger partial charge in [0.05, 0.1) is 0 Å². The second-order valence-corrected chi connectivity index (χ2v) is 9.50. The summed E-state index contributed by atoms with van der Waals surface area (Å²) < 4.78 is 0. The van der Waals surface area contributed by atoms with Crippen molar-refractivity contribution in [2.24, 2.45) is 23.2 Å². The van der Waals surface area contributed by atoms with E-state index in [1.54, 1.807) is 0 Å². The second kappa shape index (κ2) is 6.05. The molecule has 3 heterocycles. The molecular formula is C24H30N2O. The number of carbonyl (C=O) groups is 1. The van der Waals surface area contributed by atoms with Crippen LogP contribution >= 0.6 is 0 Å². The molecule has 27 heavy (non-hydrogen) atoms. The first-order valence-corrected chi connectivity index (χ1v) is 10.6. The molecule has 0 aromatic carbocycles. The zero-order chi connectivity index (χ0) is 18.6. The van der Waals surface area contributed by atoms with Gasteiger partial charge < -0.3 is 4.90 Å². The van der Waals surface area contributed by atoms with Crippen LogP contribution in [-0.2, 0) is 4.79 Å². The quantitative estimate of drug-likeness (QED) is 0.669. The summed E-state index contributed by atoms with van der Waals surface area (Å²) in [5.74, 6) is 2.37. The number of nitrogens with zero attached hydrogens (tertiary/aromatic N) is 2. The van der Waals surface area contributed by atoms with Crippen LogP contribution in [0.5, 0.6) is 0 Å². The van der Waals surface area contributed by atoms with Gasteiger partial charge in [-0.3, -0.25) is 9.78 Å². The Morgan fingerprint density at radius 1 is 1.19 bits per heavy atom. The second-order valence-electron chi connectivity index (χ2n) is 9.50. The lowest BCUT2D eigenvalue weighted by molar-refractivity contribution is -0.149. The summed E-state index contributed by atoms with van der Waals surface area (Å²) in [6.07, 6.45) is 17.1. The minimum Gasteiger partial charge on any atom is -0.336 e. The molecular weight excluding hydrogens is 332 g/mol. The monoisotopic (exact) mass is 362 g/mol. The third kappa shape index (κ3) is 2.40. The molecule has 0 bridgehead atoms. The maximum atomic E-state index is 12.7. The van der Waals surface area contributed by atoms with Gasteiger partial charge >= 0.3 is 0 Å². The van der Waals surface area contributed by atoms with Crippen LogP contribution in [0.4, 0.5) is 0 Å². The first-order chi connectivity index (χ1) is 13.0. The van der Waals surface area contributed by atoms with Crippen molar-refractivity contribution in [2.45, 2.75) is 57.9 Å². The van der Waals surface area contributed by atoms with Crippen LogP contribution in [0.15, 0.2) is 42.8 Å². The SMILES string of the molecule is C[C@]12CC[C@H]3[C@@H](CCN4C(=O)CC=CC[C@]34C)[C@@H]1CC=C2c1cccnc1. The minimum atomic E-state index is 0.00534. The molecule has 0 N–H and O–H groups in total. The highest BCUT2D eigenvalue weighted by molar-refractivity contribution is 5.79. The summed E-state index contributed by atoms with van der Waals surface area (Å²) >= 11 is 0. The van der Waals surface area contributed by atoms with Crippen molar-refractivity contribution in [2.75, 3.05) is 6.54 Å². The Labute approximate surface area is 162 Å². The van der Waals surface area contributed by atoms with E-state index in [2.05, 4.69) is 54.1 Å². The van der Waals surface area contributed by atoms with Gasteiger partial charge in [-0.25, -0.2) is 0 Å². The number of pyridine rings is 1. The van der Waals surface area contributed by atoms with Crippen LogP contribution in [0.2, 0.25) is 0 Å². The predicted molar refractivity (Wildman–Crippen MR) is 108 cm³/mol. The number of carbonyl (C=O) groups excluding carboxylic acids is 1. The summed E-state index contributed by atoms with van der Waals surface area (Å²) in [4.78, 5) is 19.3. The first kappa shape index (κ1) is 17.2. The number of piperidine rings is 1. The van der Waals surface area contributed by atoms with Crippen LogP contribution in [0.25, 0.3) is 5.57 Å². The summed E-state index contributed by atoms with van der Waals surface area (Å²) in [6.45, 7) is 5.80. The highest BCUT2D eigenvalue weighted by atomic mass is 16.2. The molecule has 1 aromatic rings. The Morgan fingerprint density at radius 2 is 2.07 bits per heavy atom. The average Bonchev–Trinajstić information content (AvgIpc) is 2.95. The highest BCUT2D eigenvalue weighted by Crippen LogP contribution is 2.63. The van der Waals surface area contributed by atoms with Gasteiger partial charge in [0.15, 0.2) is 0 Å². The van der Waals surface area contributed by atoms with E-state index in [0.29, 0.717) is 24.2 Å². The number of amides is 1. The van der Waals surface area contributed by atoms with Crippen LogP contribution in [0.1, 0.15) is 57.9 Å². The van der Waals surface area contributed by atoms with E-state index in [1.165, 1.54) is 36.8 Å². The average molecular weight is 363 g/mol. The van der Waals surface area contributed by atoms with E-state index >= 15 is 0 Å². The van der Waals surface area contributed by atoms with Crippen LogP contribution in [0, 0.1) is 23.2 Å². The molecule has 2 aliphatic heterocycles. The third-order valence-corrected chi connectivity index (χ3v) is 8.38. The van der Waals surface area contributed by atoms with Gasteiger partial charge in [0.1, 0.15) is 0 Å². The fourth-order valence-electron chi connectivity index (χ4n) is 7.02. The highest BCUT2D eigenvalue weighted by Gasteiger charge is 2.58. The topological polar surface area (TPSA) is 33.2 Å². The van der Waals surface area contributed by atoms with Crippen molar-refractivity contribution >= 4 is 11.5 Å². The summed E-state index contributed by atoms with van der Waals surface area (Å²) in [6, 6.07) is 4.28. The van der Waals surface area contributed by atoms with Crippen molar-refractivity contribution in [3.63, 3.8) is 0 Å². The normalized spacial score (nSPS) is 40.7. The van der Waals surface area contributed by atoms with Crippen molar-refractivity contribution in [1.82, 2.24) is 9.88 Å². The number of hydrogen-bond donors (Lipinski definition) is 0. The maximum Gasteiger partial charge on any atom is 0.226 e. The van der Waals surface area contributed by atoms with Crippen LogP contribution < -0.4 is 0 Å². The van der Waals surface area contributed by atoms with Gasteiger partial charge in [-0.1, -0.05) is 31.2 Å². The standard InChI is InChI=1S/C24H30N2O/c1-23-13-10-21-18(11-15-26-22(27)7-3-4-12-24(21,26)2)20(23)9-8-19(23)17-6-5-14-25-16-17/h3-6,8,14,16,18,20-21H,7,9-13,15H2,1-2H3/t18-,20-,21-,23+,24+/m0/s1. The van der Waals surface area contributed by atoms with Crippen molar-refractivity contribution in [3.8, 4) is 0 Å². The Morgan fingerprint density at radius 3 is 2.89 bits per heavy atom. The Hall–Kier alpha value is -1.90. The molecule has 0 unspecified atom stereocenters. The molecule has 5 atom stereocenters. The van der Waals surface area contributed by atoms with E-state index in [-0.39, 0.29) is 11.0 Å². The molecule has 0 radical (unpaired) electrons. The van der Waals surface area contributed by atoms with E-state index in [4.69, 9.17) is 0 Å². The molecule has 1 saturated heterocycles. The molecule has 5 rings (SSSR count). The van der Waals surface area contributed by atoms with Crippen LogP contribution in [-0.4, -0.2) is 27.9 Å². The third-order valence-electron chi connectivity index (χ3n) is 8.38. The molecule has 2 aliphatic carbocycles. The maximum absolute atomic E-state index is 12.7. The molecule has 3 heteroatoms.